The van der Waals surface area contributed by atoms with E-state index in [1.54, 1.807) is 12.3 Å². The Morgan fingerprint density at radius 1 is 1.53 bits per heavy atom. The van der Waals surface area contributed by atoms with Gasteiger partial charge >= 0.3 is 0 Å². The van der Waals surface area contributed by atoms with Gasteiger partial charge in [-0.05, 0) is 30.9 Å². The topological polar surface area (TPSA) is 84.0 Å². The van der Waals surface area contributed by atoms with Gasteiger partial charge in [0.2, 0.25) is 0 Å². The Morgan fingerprint density at radius 3 is 2.84 bits per heavy atom. The van der Waals surface area contributed by atoms with E-state index in [4.69, 9.17) is 15.7 Å². The lowest BCUT2D eigenvalue weighted by molar-refractivity contribution is 0.0685. The molecule has 2 rings (SSSR count). The van der Waals surface area contributed by atoms with Gasteiger partial charge in [-0.15, -0.1) is 0 Å². The van der Waals surface area contributed by atoms with E-state index in [1.807, 2.05) is 13.1 Å². The molecule has 1 aromatic rings. The second-order valence-electron chi connectivity index (χ2n) is 4.83. The second kappa shape index (κ2) is 6.38. The highest BCUT2D eigenvalue weighted by molar-refractivity contribution is 5.96. The summed E-state index contributed by atoms with van der Waals surface area (Å²) in [6.07, 6.45) is 3.82. The zero-order valence-electron chi connectivity index (χ0n) is 11.1. The van der Waals surface area contributed by atoms with Gasteiger partial charge in [0.05, 0.1) is 0 Å². The van der Waals surface area contributed by atoms with Gasteiger partial charge in [-0.25, -0.2) is 4.98 Å². The molecule has 19 heavy (non-hydrogen) atoms. The van der Waals surface area contributed by atoms with Gasteiger partial charge in [0.25, 0.3) is 0 Å². The molecule has 1 saturated heterocycles. The van der Waals surface area contributed by atoms with E-state index < -0.39 is 0 Å². The molecule has 0 aromatic carbocycles. The molecule has 1 aliphatic heterocycles. The number of anilines is 1. The van der Waals surface area contributed by atoms with Crippen LogP contribution >= 0.6 is 0 Å². The van der Waals surface area contributed by atoms with Crippen LogP contribution in [0.4, 0.5) is 5.82 Å². The number of hydrogen-bond donors (Lipinski definition) is 2. The van der Waals surface area contributed by atoms with Gasteiger partial charge in [-0.3, -0.25) is 0 Å². The van der Waals surface area contributed by atoms with E-state index in [0.717, 1.165) is 38.4 Å². The van der Waals surface area contributed by atoms with Crippen LogP contribution in [0.3, 0.4) is 0 Å². The molecular formula is C13H20N4O2. The molecule has 1 aliphatic rings. The summed E-state index contributed by atoms with van der Waals surface area (Å²) in [7, 11) is 2.03. The Balaban J connectivity index is 1.96. The van der Waals surface area contributed by atoms with Gasteiger partial charge in [-0.2, -0.15) is 0 Å². The molecule has 1 fully saturated rings. The van der Waals surface area contributed by atoms with E-state index in [2.05, 4.69) is 15.0 Å². The third-order valence-corrected chi connectivity index (χ3v) is 3.42. The molecule has 0 bridgehead atoms. The predicted octanol–water partition coefficient (Wildman–Crippen LogP) is 1.04. The van der Waals surface area contributed by atoms with Crippen molar-refractivity contribution in [3.63, 3.8) is 0 Å². The number of nitrogens with two attached hydrogens (primary N) is 1. The molecule has 0 unspecified atom stereocenters. The van der Waals surface area contributed by atoms with Crippen LogP contribution < -0.4 is 10.6 Å². The van der Waals surface area contributed by atoms with Crippen LogP contribution in [0.15, 0.2) is 23.5 Å². The second-order valence-corrected chi connectivity index (χ2v) is 4.83. The van der Waals surface area contributed by atoms with Gasteiger partial charge < -0.3 is 20.6 Å². The van der Waals surface area contributed by atoms with Crippen LogP contribution in [0.25, 0.3) is 0 Å². The lowest BCUT2D eigenvalue weighted by Gasteiger charge is -2.27. The van der Waals surface area contributed by atoms with Gasteiger partial charge in [-0.1, -0.05) is 5.16 Å². The van der Waals surface area contributed by atoms with Crippen molar-refractivity contribution >= 4 is 11.7 Å². The minimum Gasteiger partial charge on any atom is -0.409 e. The van der Waals surface area contributed by atoms with Crippen LogP contribution in [0.5, 0.6) is 0 Å². The number of rotatable bonds is 4. The monoisotopic (exact) mass is 264 g/mol. The largest absolute Gasteiger partial charge is 0.409 e. The van der Waals surface area contributed by atoms with Crippen LogP contribution in [0, 0.1) is 5.92 Å². The van der Waals surface area contributed by atoms with Crippen molar-refractivity contribution in [1.82, 2.24) is 4.98 Å². The summed E-state index contributed by atoms with van der Waals surface area (Å²) < 4.78 is 5.36. The number of ether oxygens (including phenoxy) is 1. The Bertz CT molecular complexity index is 427. The number of oxime groups is 1. The fraction of sp³-hybridized carbons (Fsp3) is 0.538. The summed E-state index contributed by atoms with van der Waals surface area (Å²) >= 11 is 0. The van der Waals surface area contributed by atoms with E-state index in [9.17, 15) is 0 Å². The number of nitrogens with zero attached hydrogens (tertiary/aromatic N) is 3. The maximum atomic E-state index is 8.60. The van der Waals surface area contributed by atoms with Gasteiger partial charge in [0, 0.05) is 38.6 Å². The van der Waals surface area contributed by atoms with Crippen LogP contribution in [-0.2, 0) is 4.74 Å². The Morgan fingerprint density at radius 2 is 2.26 bits per heavy atom. The van der Waals surface area contributed by atoms with Crippen molar-refractivity contribution in [2.24, 2.45) is 16.8 Å². The van der Waals surface area contributed by atoms with Crippen molar-refractivity contribution in [3.8, 4) is 0 Å². The Kier molecular flexibility index (Phi) is 4.57. The maximum absolute atomic E-state index is 8.60. The van der Waals surface area contributed by atoms with Crippen molar-refractivity contribution in [2.75, 3.05) is 31.7 Å². The SMILES string of the molecule is CN(CC1CCOCC1)c1ccc(C(N)=NO)cn1. The molecule has 3 N–H and O–H groups in total. The number of hydrogen-bond acceptors (Lipinski definition) is 5. The molecule has 0 amide bonds. The summed E-state index contributed by atoms with van der Waals surface area (Å²) in [5.74, 6) is 1.62. The number of amidine groups is 1. The van der Waals surface area contributed by atoms with Crippen molar-refractivity contribution in [1.29, 1.82) is 0 Å². The summed E-state index contributed by atoms with van der Waals surface area (Å²) in [6, 6.07) is 3.69. The minimum atomic E-state index is 0.0751. The molecule has 6 heteroatoms. The number of aromatic nitrogens is 1. The van der Waals surface area contributed by atoms with Crippen molar-refractivity contribution in [2.45, 2.75) is 12.8 Å². The first-order valence-corrected chi connectivity index (χ1v) is 6.43. The highest BCUT2D eigenvalue weighted by atomic mass is 16.5. The maximum Gasteiger partial charge on any atom is 0.171 e. The summed E-state index contributed by atoms with van der Waals surface area (Å²) in [5, 5.41) is 11.5. The third-order valence-electron chi connectivity index (χ3n) is 3.42. The first-order chi connectivity index (χ1) is 9.20. The van der Waals surface area contributed by atoms with E-state index >= 15 is 0 Å². The summed E-state index contributed by atoms with van der Waals surface area (Å²) in [4.78, 5) is 6.47. The summed E-state index contributed by atoms with van der Waals surface area (Å²) in [5.41, 5.74) is 6.12. The molecular weight excluding hydrogens is 244 g/mol. The first-order valence-electron chi connectivity index (χ1n) is 6.43. The van der Waals surface area contributed by atoms with E-state index in [0.29, 0.717) is 11.5 Å². The molecule has 1 aromatic heterocycles. The molecule has 0 radical (unpaired) electrons. The zero-order chi connectivity index (χ0) is 13.7. The molecule has 0 atom stereocenters. The zero-order valence-corrected chi connectivity index (χ0v) is 11.1. The van der Waals surface area contributed by atoms with Crippen LogP contribution in [0.1, 0.15) is 18.4 Å². The normalized spacial score (nSPS) is 17.4. The van der Waals surface area contributed by atoms with Crippen LogP contribution in [0.2, 0.25) is 0 Å². The average molecular weight is 264 g/mol. The van der Waals surface area contributed by atoms with E-state index in [1.165, 1.54) is 0 Å². The highest BCUT2D eigenvalue weighted by Crippen LogP contribution is 2.18. The van der Waals surface area contributed by atoms with E-state index in [-0.39, 0.29) is 5.84 Å². The number of pyridine rings is 1. The molecule has 0 saturated carbocycles. The molecule has 2 heterocycles. The summed E-state index contributed by atoms with van der Waals surface area (Å²) in [6.45, 7) is 2.68. The third kappa shape index (κ3) is 3.57. The lowest BCUT2D eigenvalue weighted by Crippen LogP contribution is -2.30. The Labute approximate surface area is 112 Å². The fourth-order valence-corrected chi connectivity index (χ4v) is 2.23. The minimum absolute atomic E-state index is 0.0751. The first kappa shape index (κ1) is 13.6. The fourth-order valence-electron chi connectivity index (χ4n) is 2.23. The van der Waals surface area contributed by atoms with Gasteiger partial charge in [0.15, 0.2) is 5.84 Å². The van der Waals surface area contributed by atoms with Crippen molar-refractivity contribution in [3.05, 3.63) is 23.9 Å². The standard InChI is InChI=1S/C13H20N4O2/c1-17(9-10-4-6-19-7-5-10)12-3-2-11(8-15-12)13(14)16-18/h2-3,8,10,18H,4-7,9H2,1H3,(H2,14,16). The van der Waals surface area contributed by atoms with Crippen LogP contribution in [-0.4, -0.2) is 42.8 Å². The Hall–Kier alpha value is -1.82. The highest BCUT2D eigenvalue weighted by Gasteiger charge is 2.16. The lowest BCUT2D eigenvalue weighted by atomic mass is 10.00. The molecule has 6 nitrogen and oxygen atoms in total. The molecule has 104 valence electrons. The molecule has 0 aliphatic carbocycles. The predicted molar refractivity (Wildman–Crippen MR) is 73.6 cm³/mol. The molecule has 0 spiro atoms. The average Bonchev–Trinajstić information content (AvgIpc) is 2.47. The smallest absolute Gasteiger partial charge is 0.171 e. The van der Waals surface area contributed by atoms with Crippen molar-refractivity contribution < 1.29 is 9.94 Å². The quantitative estimate of drug-likeness (QED) is 0.367. The van der Waals surface area contributed by atoms with Gasteiger partial charge in [0.1, 0.15) is 5.82 Å².